The van der Waals surface area contributed by atoms with E-state index in [9.17, 15) is 48.3 Å². The largest absolute Gasteiger partial charge is 0.393 e. The van der Waals surface area contributed by atoms with Crippen molar-refractivity contribution < 1.29 is 48.3 Å². The number of unbranched alkanes of at least 4 members (excludes halogenated alkanes) is 4. The molecule has 2 rings (SSSR count). The molecule has 1 aliphatic rings. The van der Waals surface area contributed by atoms with Gasteiger partial charge in [-0.15, -0.1) is 0 Å². The van der Waals surface area contributed by atoms with Crippen LogP contribution in [0.4, 0.5) is 0 Å². The summed E-state index contributed by atoms with van der Waals surface area (Å²) in [5, 5.41) is 34.9. The Morgan fingerprint density at radius 2 is 1.13 bits per heavy atom. The SMILES string of the molecule is CCCCCCC[C@@H](O)CC(=O)N[C@H](CCN)C(=O)N[C@H]1CCNC(=O)[C@H](CC(C)C)NC(=O)[C@H](CCCN=C(N)N)NC(=O)[C@H](CCN)NC(=O)[C@H](CC(C)C)NC(=O)[C@@H](Cc2ccccc2)NC(=O)[C@H](CCN)NC1=O. The Hall–Kier alpha value is -6.44. The molecule has 0 unspecified atom stereocenters. The van der Waals surface area contributed by atoms with Crippen LogP contribution < -0.4 is 76.5 Å². The Labute approximate surface area is 459 Å². The third kappa shape index (κ3) is 26.7. The number of nitrogens with two attached hydrogens (primary N) is 5. The topological polar surface area (TPSA) is 425 Å². The lowest BCUT2D eigenvalue weighted by Gasteiger charge is -2.28. The average molecular weight is 1100 g/mol. The van der Waals surface area contributed by atoms with E-state index in [0.717, 1.165) is 32.1 Å². The molecule has 440 valence electrons. The van der Waals surface area contributed by atoms with Crippen molar-refractivity contribution >= 4 is 59.1 Å². The van der Waals surface area contributed by atoms with Crippen LogP contribution >= 0.6 is 0 Å². The third-order valence-electron chi connectivity index (χ3n) is 12.9. The summed E-state index contributed by atoms with van der Waals surface area (Å²) in [4.78, 5) is 131. The number of hydrogen-bond acceptors (Lipinski definition) is 14. The van der Waals surface area contributed by atoms with Crippen molar-refractivity contribution in [3.8, 4) is 0 Å². The van der Waals surface area contributed by atoms with Gasteiger partial charge in [0.15, 0.2) is 5.96 Å². The number of nitrogens with one attached hydrogen (secondary N) is 9. The van der Waals surface area contributed by atoms with Gasteiger partial charge >= 0.3 is 0 Å². The fourth-order valence-corrected chi connectivity index (χ4v) is 8.73. The first-order valence-corrected chi connectivity index (χ1v) is 27.7. The van der Waals surface area contributed by atoms with Gasteiger partial charge in [0, 0.05) is 19.5 Å². The number of hydrogen-bond donors (Lipinski definition) is 15. The van der Waals surface area contributed by atoms with Crippen molar-refractivity contribution in [3.05, 3.63) is 35.9 Å². The Kier molecular flexibility index (Phi) is 32.4. The van der Waals surface area contributed by atoms with E-state index in [1.807, 2.05) is 27.7 Å². The number of nitrogens with zero attached hydrogens (tertiary/aromatic N) is 1. The van der Waals surface area contributed by atoms with E-state index in [1.54, 1.807) is 30.3 Å². The zero-order chi connectivity index (χ0) is 58.2. The minimum Gasteiger partial charge on any atom is -0.393 e. The van der Waals surface area contributed by atoms with Gasteiger partial charge < -0.3 is 81.6 Å². The molecule has 0 saturated carbocycles. The summed E-state index contributed by atoms with van der Waals surface area (Å²) < 4.78 is 0. The number of aliphatic hydroxyl groups excluding tert-OH is 1. The van der Waals surface area contributed by atoms with E-state index >= 15 is 0 Å². The molecular formula is C53H93N15O10. The minimum absolute atomic E-state index is 0.0127. The average Bonchev–Trinajstić information content (AvgIpc) is 3.37. The smallest absolute Gasteiger partial charge is 0.243 e. The van der Waals surface area contributed by atoms with Gasteiger partial charge in [-0.2, -0.15) is 0 Å². The quantitative estimate of drug-likeness (QED) is 0.0256. The van der Waals surface area contributed by atoms with Gasteiger partial charge in [0.2, 0.25) is 53.2 Å². The van der Waals surface area contributed by atoms with Gasteiger partial charge in [0.1, 0.15) is 48.3 Å². The maximum Gasteiger partial charge on any atom is 0.243 e. The first-order valence-electron chi connectivity index (χ1n) is 27.7. The van der Waals surface area contributed by atoms with Crippen molar-refractivity contribution in [1.29, 1.82) is 0 Å². The molecule has 1 fully saturated rings. The molecule has 78 heavy (non-hydrogen) atoms. The Morgan fingerprint density at radius 1 is 0.628 bits per heavy atom. The molecule has 25 nitrogen and oxygen atoms in total. The molecule has 20 N–H and O–H groups in total. The number of carbonyl (C=O) groups is 9. The van der Waals surface area contributed by atoms with E-state index in [2.05, 4.69) is 59.8 Å². The molecule has 1 heterocycles. The zero-order valence-corrected chi connectivity index (χ0v) is 46.5. The highest BCUT2D eigenvalue weighted by atomic mass is 16.3. The van der Waals surface area contributed by atoms with Crippen LogP contribution in [0.1, 0.15) is 136 Å². The predicted molar refractivity (Wildman–Crippen MR) is 297 cm³/mol. The standard InChI is InChI=1S/C53H93N15O10/c1-6-7-8-9-13-17-35(69)31-44(70)61-37(19-23-54)47(73)65-40-22-27-59-45(71)41(28-32(2)3)66-46(72)36(18-14-26-60-53(57)58)62-48(74)38(20-24-55)64-51(77)42(29-33(4)5)67-52(78)43(30-34-15-11-10-12-16-34)68-49(75)39(21-25-56)63-50(40)76/h10-12,15-16,32-33,35-43,69H,6-9,13-14,17-31,54-56H2,1-5H3,(H,59,71)(H,61,70)(H,62,74)(H,63,76)(H,64,77)(H,65,73)(H,66,72)(H,67,78)(H,68,75)(H4,57,58,60)/t35-,36+,37-,38+,39+,40+,41+,42+,43-/m1/s1. The van der Waals surface area contributed by atoms with Crippen molar-refractivity contribution in [2.24, 2.45) is 45.5 Å². The number of amides is 9. The van der Waals surface area contributed by atoms with Crippen LogP contribution in [0.25, 0.3) is 0 Å². The fraction of sp³-hybridized carbons (Fsp3) is 0.698. The van der Waals surface area contributed by atoms with Gasteiger partial charge in [0.25, 0.3) is 0 Å². The van der Waals surface area contributed by atoms with Gasteiger partial charge in [-0.1, -0.05) is 97.1 Å². The van der Waals surface area contributed by atoms with Crippen molar-refractivity contribution in [2.75, 3.05) is 32.7 Å². The van der Waals surface area contributed by atoms with Crippen LogP contribution in [0.2, 0.25) is 0 Å². The van der Waals surface area contributed by atoms with E-state index in [4.69, 9.17) is 28.7 Å². The lowest BCUT2D eigenvalue weighted by molar-refractivity contribution is -0.136. The lowest BCUT2D eigenvalue weighted by Crippen LogP contribution is -2.61. The normalized spacial score (nSPS) is 22.3. The molecule has 9 amide bonds. The Morgan fingerprint density at radius 3 is 1.67 bits per heavy atom. The summed E-state index contributed by atoms with van der Waals surface area (Å²) in [7, 11) is 0. The maximum atomic E-state index is 14.5. The lowest BCUT2D eigenvalue weighted by atomic mass is 10.00. The van der Waals surface area contributed by atoms with E-state index in [1.165, 1.54) is 0 Å². The Bertz CT molecular complexity index is 2080. The van der Waals surface area contributed by atoms with Crippen molar-refractivity contribution in [2.45, 2.75) is 192 Å². The second kappa shape index (κ2) is 37.4. The first kappa shape index (κ1) is 67.7. The molecule has 25 heteroatoms. The van der Waals surface area contributed by atoms with Crippen LogP contribution in [0.3, 0.4) is 0 Å². The summed E-state index contributed by atoms with van der Waals surface area (Å²) in [5.74, 6) is -7.41. The molecule has 0 radical (unpaired) electrons. The highest BCUT2D eigenvalue weighted by Gasteiger charge is 2.36. The van der Waals surface area contributed by atoms with E-state index < -0.39 is 108 Å². The summed E-state index contributed by atoms with van der Waals surface area (Å²) in [6.45, 7) is 8.96. The predicted octanol–water partition coefficient (Wildman–Crippen LogP) is -2.07. The number of carbonyl (C=O) groups excluding carboxylic acids is 9. The van der Waals surface area contributed by atoms with Crippen LogP contribution in [0.5, 0.6) is 0 Å². The molecule has 1 saturated heterocycles. The second-order valence-electron chi connectivity index (χ2n) is 20.8. The molecule has 1 aromatic rings. The van der Waals surface area contributed by atoms with E-state index in [0.29, 0.717) is 12.0 Å². The molecule has 1 aliphatic heterocycles. The van der Waals surface area contributed by atoms with E-state index in [-0.39, 0.29) is 115 Å². The number of aliphatic imine (C=N–C) groups is 1. The van der Waals surface area contributed by atoms with Gasteiger partial charge in [0.05, 0.1) is 12.5 Å². The number of rotatable bonds is 27. The third-order valence-corrected chi connectivity index (χ3v) is 12.9. The van der Waals surface area contributed by atoms with Crippen molar-refractivity contribution in [1.82, 2.24) is 47.9 Å². The van der Waals surface area contributed by atoms with Gasteiger partial charge in [-0.05, 0) is 94.8 Å². The minimum atomic E-state index is -1.48. The highest BCUT2D eigenvalue weighted by molar-refractivity contribution is 5.98. The summed E-state index contributed by atoms with van der Waals surface area (Å²) in [6, 6.07) is -1.77. The summed E-state index contributed by atoms with van der Waals surface area (Å²) in [6.07, 6.45) is 3.67. The number of aliphatic hydroxyl groups is 1. The molecule has 0 spiro atoms. The van der Waals surface area contributed by atoms with Gasteiger partial charge in [-0.25, -0.2) is 0 Å². The summed E-state index contributed by atoms with van der Waals surface area (Å²) >= 11 is 0. The molecule has 0 bridgehead atoms. The zero-order valence-electron chi connectivity index (χ0n) is 46.5. The Balaban J connectivity index is 2.73. The van der Waals surface area contributed by atoms with Crippen molar-refractivity contribution in [3.63, 3.8) is 0 Å². The monoisotopic (exact) mass is 1100 g/mol. The molecule has 1 aromatic carbocycles. The van der Waals surface area contributed by atoms with Crippen LogP contribution in [0, 0.1) is 11.8 Å². The molecular weight excluding hydrogens is 1010 g/mol. The molecule has 0 aromatic heterocycles. The van der Waals surface area contributed by atoms with Crippen LogP contribution in [0.15, 0.2) is 35.3 Å². The number of guanidine groups is 1. The highest BCUT2D eigenvalue weighted by Crippen LogP contribution is 2.13. The first-order chi connectivity index (χ1) is 37.1. The molecule has 0 aliphatic carbocycles. The number of benzene rings is 1. The summed E-state index contributed by atoms with van der Waals surface area (Å²) in [5.41, 5.74) is 29.5. The van der Waals surface area contributed by atoms with Crippen LogP contribution in [-0.4, -0.2) is 151 Å². The fourth-order valence-electron chi connectivity index (χ4n) is 8.73. The second-order valence-corrected chi connectivity index (χ2v) is 20.8. The molecule has 9 atom stereocenters. The van der Waals surface area contributed by atoms with Gasteiger partial charge in [-0.3, -0.25) is 48.1 Å². The maximum absolute atomic E-state index is 14.5. The van der Waals surface area contributed by atoms with Crippen LogP contribution in [-0.2, 0) is 49.6 Å².